The largest absolute Gasteiger partial charge is 0.508 e. The Balaban J connectivity index is 0.000000818. The maximum Gasteiger partial charge on any atom is 0.338 e. The van der Waals surface area contributed by atoms with Gasteiger partial charge in [0.25, 0.3) is 0 Å². The zero-order chi connectivity index (χ0) is 53.9. The van der Waals surface area contributed by atoms with Crippen LogP contribution in [-0.4, -0.2) is 118 Å². The van der Waals surface area contributed by atoms with Gasteiger partial charge in [0.1, 0.15) is 34.5 Å². The van der Waals surface area contributed by atoms with Crippen LogP contribution < -0.4 is 4.74 Å². The van der Waals surface area contributed by atoms with Gasteiger partial charge in [0.05, 0.1) is 45.3 Å². The minimum Gasteiger partial charge on any atom is -0.508 e. The Morgan fingerprint density at radius 2 is 0.886 bits per heavy atom. The quantitative estimate of drug-likeness (QED) is 0.0204. The summed E-state index contributed by atoms with van der Waals surface area (Å²) in [6.45, 7) is 12.1. The molecule has 0 aromatic heterocycles. The van der Waals surface area contributed by atoms with Crippen LogP contribution >= 0.6 is 21.6 Å². The summed E-state index contributed by atoms with van der Waals surface area (Å²) < 4.78 is 13.6. The van der Waals surface area contributed by atoms with Crippen LogP contribution in [0.15, 0.2) is 91.0 Å². The van der Waals surface area contributed by atoms with Crippen LogP contribution in [0, 0.1) is 0 Å². The van der Waals surface area contributed by atoms with Crippen molar-refractivity contribution >= 4 is 45.5 Å². The second kappa shape index (κ2) is 30.8. The van der Waals surface area contributed by atoms with Crippen LogP contribution in [0.5, 0.6) is 63.2 Å². The number of carboxylic acids is 2. The molecule has 19 nitrogen and oxygen atoms in total. The first-order valence-corrected chi connectivity index (χ1v) is 23.0. The first-order chi connectivity index (χ1) is 32.5. The standard InChI is InChI=1S/2C10H14O2.C8H8O5.C8H8O4.C7H8O2.C6H10O4S2/c1-10(2,3)8-6-7(11)4-5-9(8)12;1-10(2,3)7-4-5-8(11)9(12)6-7;1-13-8(12)4-2-5(9)7(11)6(10)3-4;1-12-8(11)5-2-6(9)4-7(10)3-5;1-9-7-4-2-6(8)3-5-7;7-5(8)1-3-11-12-4-2-6(9)10/h2*4-6,11-12H,1-3H3;2-3,9-11H,1H3;2-4,9-10H,1H3;2-5,8H,1H3;1-4H2,(H,7,8)(H,9,10). The number of ether oxygens (including phenoxy) is 3. The van der Waals surface area contributed by atoms with Crippen LogP contribution in [0.1, 0.15) is 86.2 Å². The molecule has 0 spiro atoms. The molecular weight excluding hydrogens is 957 g/mol. The average Bonchev–Trinajstić information content (AvgIpc) is 3.28. The van der Waals surface area contributed by atoms with Gasteiger partial charge in [0, 0.05) is 23.1 Å². The molecule has 0 heterocycles. The summed E-state index contributed by atoms with van der Waals surface area (Å²) in [6.07, 6.45) is 0.259. The van der Waals surface area contributed by atoms with Gasteiger partial charge in [-0.15, -0.1) is 0 Å². The van der Waals surface area contributed by atoms with Crippen molar-refractivity contribution in [2.45, 2.75) is 65.2 Å². The predicted molar refractivity (Wildman–Crippen MR) is 265 cm³/mol. The van der Waals surface area contributed by atoms with Gasteiger partial charge in [-0.05, 0) is 95.3 Å². The fourth-order valence-electron chi connectivity index (χ4n) is 4.74. The Morgan fingerprint density at radius 1 is 0.457 bits per heavy atom. The van der Waals surface area contributed by atoms with Gasteiger partial charge in [-0.1, -0.05) is 69.2 Å². The number of hydrogen-bond acceptors (Lipinski definition) is 19. The third-order valence-electron chi connectivity index (χ3n) is 8.40. The van der Waals surface area contributed by atoms with Gasteiger partial charge >= 0.3 is 23.9 Å². The average molecular weight is 1020 g/mol. The van der Waals surface area contributed by atoms with E-state index in [4.69, 9.17) is 50.7 Å². The summed E-state index contributed by atoms with van der Waals surface area (Å²) in [5.74, 6) is -2.69. The highest BCUT2D eigenvalue weighted by Crippen LogP contribution is 2.36. The molecule has 0 atom stereocenters. The Labute approximate surface area is 413 Å². The van der Waals surface area contributed by atoms with Crippen molar-refractivity contribution in [1.29, 1.82) is 0 Å². The molecule has 70 heavy (non-hydrogen) atoms. The number of methoxy groups -OCH3 is 3. The lowest BCUT2D eigenvalue weighted by atomic mass is 9.86. The first-order valence-electron chi connectivity index (χ1n) is 20.5. The van der Waals surface area contributed by atoms with Gasteiger partial charge in [-0.25, -0.2) is 9.59 Å². The highest BCUT2D eigenvalue weighted by Gasteiger charge is 2.18. The van der Waals surface area contributed by atoms with Gasteiger partial charge < -0.3 is 75.5 Å². The lowest BCUT2D eigenvalue weighted by Gasteiger charge is -2.20. The maximum atomic E-state index is 10.9. The van der Waals surface area contributed by atoms with E-state index < -0.39 is 41.1 Å². The Kier molecular flexibility index (Phi) is 27.5. The van der Waals surface area contributed by atoms with Gasteiger partial charge in [0.2, 0.25) is 0 Å². The number of aliphatic carboxylic acids is 2. The highest BCUT2D eigenvalue weighted by atomic mass is 33.1. The fraction of sp³-hybridized carbons (Fsp3) is 0.306. The molecule has 0 radical (unpaired) electrons. The molecule has 0 saturated carbocycles. The molecule has 0 saturated heterocycles. The summed E-state index contributed by atoms with van der Waals surface area (Å²) >= 11 is 0. The number of carbonyl (C=O) groups is 4. The van der Waals surface area contributed by atoms with Crippen molar-refractivity contribution < 1.29 is 94.7 Å². The molecule has 5 rings (SSSR count). The molecule has 0 fully saturated rings. The van der Waals surface area contributed by atoms with Gasteiger partial charge in [0.15, 0.2) is 28.7 Å². The van der Waals surface area contributed by atoms with Crippen LogP contribution in [0.3, 0.4) is 0 Å². The number of aromatic hydroxyl groups is 10. The van der Waals surface area contributed by atoms with Crippen molar-refractivity contribution in [3.05, 3.63) is 113 Å². The van der Waals surface area contributed by atoms with Crippen molar-refractivity contribution in [2.24, 2.45) is 0 Å². The van der Waals surface area contributed by atoms with Crippen LogP contribution in [-0.2, 0) is 29.9 Å². The lowest BCUT2D eigenvalue weighted by molar-refractivity contribution is -0.137. The fourth-order valence-corrected chi connectivity index (χ4v) is 6.70. The summed E-state index contributed by atoms with van der Waals surface area (Å²) in [6, 6.07) is 21.6. The number of esters is 2. The monoisotopic (exact) mass is 1020 g/mol. The second-order valence-electron chi connectivity index (χ2n) is 16.1. The third kappa shape index (κ3) is 25.6. The number of carbonyl (C=O) groups excluding carboxylic acids is 2. The minimum atomic E-state index is -0.818. The first kappa shape index (κ1) is 62.5. The molecule has 384 valence electrons. The second-order valence-corrected chi connectivity index (χ2v) is 18.8. The highest BCUT2D eigenvalue weighted by molar-refractivity contribution is 8.76. The van der Waals surface area contributed by atoms with Crippen LogP contribution in [0.4, 0.5) is 0 Å². The number of phenolic OH excluding ortho intramolecular Hbond substituents is 10. The molecule has 5 aromatic carbocycles. The molecule has 21 heteroatoms. The maximum absolute atomic E-state index is 10.9. The molecule has 0 amide bonds. The van der Waals surface area contributed by atoms with E-state index in [-0.39, 0.29) is 75.0 Å². The summed E-state index contributed by atoms with van der Waals surface area (Å²) in [5, 5.41) is 107. The van der Waals surface area contributed by atoms with Crippen LogP contribution in [0.25, 0.3) is 0 Å². The van der Waals surface area contributed by atoms with E-state index in [1.165, 1.54) is 66.1 Å². The normalized spacial score (nSPS) is 10.2. The molecule has 5 aromatic rings. The van der Waals surface area contributed by atoms with E-state index in [9.17, 15) is 34.5 Å². The number of phenols is 10. The van der Waals surface area contributed by atoms with E-state index in [1.54, 1.807) is 43.5 Å². The molecule has 0 aliphatic carbocycles. The van der Waals surface area contributed by atoms with Crippen molar-refractivity contribution in [3.8, 4) is 63.2 Å². The number of carboxylic acid groups (broad SMARTS) is 2. The lowest BCUT2D eigenvalue weighted by Crippen LogP contribution is -2.10. The molecule has 0 unspecified atom stereocenters. The Bertz CT molecular complexity index is 2370. The van der Waals surface area contributed by atoms with E-state index in [0.29, 0.717) is 11.5 Å². The molecule has 0 aliphatic heterocycles. The summed E-state index contributed by atoms with van der Waals surface area (Å²) in [5.41, 5.74) is 1.74. The molecule has 0 aliphatic rings. The van der Waals surface area contributed by atoms with Crippen molar-refractivity contribution in [2.75, 3.05) is 32.8 Å². The Hall–Kier alpha value is -7.52. The van der Waals surface area contributed by atoms with Crippen molar-refractivity contribution in [1.82, 2.24) is 0 Å². The molecule has 0 bridgehead atoms. The van der Waals surface area contributed by atoms with E-state index >= 15 is 0 Å². The molecular formula is C49H62O19S2. The zero-order valence-electron chi connectivity index (χ0n) is 40.0. The minimum absolute atomic E-state index is 0.00514. The van der Waals surface area contributed by atoms with E-state index in [0.717, 1.165) is 35.1 Å². The number of hydrogen-bond donors (Lipinski definition) is 12. The topological polar surface area (TPSA) is 339 Å². The van der Waals surface area contributed by atoms with Gasteiger partial charge in [-0.3, -0.25) is 9.59 Å². The number of benzene rings is 5. The number of rotatable bonds is 10. The third-order valence-corrected chi connectivity index (χ3v) is 10.8. The SMILES string of the molecule is CC(C)(C)c1cc(O)ccc1O.CC(C)(C)c1ccc(O)c(O)c1.COC(=O)c1cc(O)c(O)c(O)c1.COC(=O)c1cc(O)cc(O)c1.COc1ccc(O)cc1.O=C(O)CCSSCCC(=O)O. The summed E-state index contributed by atoms with van der Waals surface area (Å²) in [4.78, 5) is 41.8. The van der Waals surface area contributed by atoms with Crippen LogP contribution in [0.2, 0.25) is 0 Å². The smallest absolute Gasteiger partial charge is 0.338 e. The Morgan fingerprint density at radius 3 is 1.26 bits per heavy atom. The van der Waals surface area contributed by atoms with Gasteiger partial charge in [-0.2, -0.15) is 0 Å². The zero-order valence-corrected chi connectivity index (χ0v) is 41.7. The van der Waals surface area contributed by atoms with E-state index in [1.807, 2.05) is 26.8 Å². The van der Waals surface area contributed by atoms with Crippen molar-refractivity contribution in [3.63, 3.8) is 0 Å². The molecule has 12 N–H and O–H groups in total. The summed E-state index contributed by atoms with van der Waals surface area (Å²) in [7, 11) is 6.78. The predicted octanol–water partition coefficient (Wildman–Crippen LogP) is 8.98. The van der Waals surface area contributed by atoms with E-state index in [2.05, 4.69) is 30.2 Å².